The third kappa shape index (κ3) is 4.11. The summed E-state index contributed by atoms with van der Waals surface area (Å²) in [6.07, 6.45) is -1.37. The number of nitrogens with zero attached hydrogens (tertiary/aromatic N) is 4. The van der Waals surface area contributed by atoms with Crippen molar-refractivity contribution >= 4 is 16.7 Å². The van der Waals surface area contributed by atoms with Crippen molar-refractivity contribution < 1.29 is 13.2 Å². The lowest BCUT2D eigenvalue weighted by molar-refractivity contribution is -0.137. The number of H-pyrrole nitrogens is 1. The number of halogens is 3. The monoisotopic (exact) mass is 437 g/mol. The third-order valence-corrected chi connectivity index (χ3v) is 5.84. The number of aromatic nitrogens is 2. The molecule has 0 bridgehead atoms. The standard InChI is InChI=1S/C24H22F3N5/c1-14-6-7-19(24(25,26)27)11-21(14)20-5-4-8-32(16(20)3)31-15(2)22-10-18-9-17(12-28)13-29-23(18)30-22/h6-7,9-11,13,20H,3-5,8H2,1-2H3,(H,29,30)/b31-15+. The Morgan fingerprint density at radius 1 is 1.31 bits per heavy atom. The summed E-state index contributed by atoms with van der Waals surface area (Å²) in [5.41, 5.74) is 4.06. The normalized spacial score (nSPS) is 17.6. The Labute approximate surface area is 183 Å². The average Bonchev–Trinajstić information content (AvgIpc) is 3.18. The van der Waals surface area contributed by atoms with Crippen molar-refractivity contribution in [3.63, 3.8) is 0 Å². The van der Waals surface area contributed by atoms with Crippen LogP contribution in [0.2, 0.25) is 0 Å². The maximum absolute atomic E-state index is 13.3. The number of allylic oxidation sites excluding steroid dienone is 1. The van der Waals surface area contributed by atoms with Gasteiger partial charge in [-0.15, -0.1) is 0 Å². The van der Waals surface area contributed by atoms with Crippen LogP contribution in [0, 0.1) is 18.3 Å². The van der Waals surface area contributed by atoms with E-state index in [0.29, 0.717) is 34.7 Å². The molecular weight excluding hydrogens is 415 g/mol. The quantitative estimate of drug-likeness (QED) is 0.521. The van der Waals surface area contributed by atoms with Crippen molar-refractivity contribution in [1.29, 1.82) is 5.26 Å². The smallest absolute Gasteiger partial charge is 0.338 e. The van der Waals surface area contributed by atoms with E-state index in [4.69, 9.17) is 10.4 Å². The van der Waals surface area contributed by atoms with E-state index in [2.05, 4.69) is 22.6 Å². The molecular formula is C24H22F3N5. The summed E-state index contributed by atoms with van der Waals surface area (Å²) in [6, 6.07) is 9.57. The lowest BCUT2D eigenvalue weighted by Gasteiger charge is -2.34. The molecule has 1 aliphatic heterocycles. The number of rotatable bonds is 3. The van der Waals surface area contributed by atoms with Crippen molar-refractivity contribution in [3.05, 3.63) is 76.8 Å². The Bertz CT molecular complexity index is 1260. The van der Waals surface area contributed by atoms with E-state index in [9.17, 15) is 13.2 Å². The van der Waals surface area contributed by atoms with Crippen LogP contribution in [-0.2, 0) is 6.18 Å². The van der Waals surface area contributed by atoms with Crippen molar-refractivity contribution in [2.24, 2.45) is 5.10 Å². The second-order valence-corrected chi connectivity index (χ2v) is 8.02. The fraction of sp³-hybridized carbons (Fsp3) is 0.292. The van der Waals surface area contributed by atoms with E-state index in [1.165, 1.54) is 18.3 Å². The van der Waals surface area contributed by atoms with Gasteiger partial charge >= 0.3 is 6.18 Å². The number of nitriles is 1. The molecule has 0 aliphatic carbocycles. The SMILES string of the molecule is C=C1C(c2cc(C(F)(F)F)ccc2C)CCCN1/N=C(\C)c1cc2cc(C#N)cnc2[nH]1. The van der Waals surface area contributed by atoms with E-state index in [1.54, 1.807) is 11.1 Å². The lowest BCUT2D eigenvalue weighted by atomic mass is 9.85. The second-order valence-electron chi connectivity index (χ2n) is 8.02. The molecule has 0 saturated carbocycles. The highest BCUT2D eigenvalue weighted by Crippen LogP contribution is 2.39. The van der Waals surface area contributed by atoms with Crippen LogP contribution < -0.4 is 0 Å². The highest BCUT2D eigenvalue weighted by Gasteiger charge is 2.33. The summed E-state index contributed by atoms with van der Waals surface area (Å²) in [5.74, 6) is -0.231. The molecule has 1 N–H and O–H groups in total. The maximum atomic E-state index is 13.3. The third-order valence-electron chi connectivity index (χ3n) is 5.84. The topological polar surface area (TPSA) is 68.1 Å². The fourth-order valence-corrected chi connectivity index (χ4v) is 4.08. The second kappa shape index (κ2) is 8.15. The number of pyridine rings is 1. The molecule has 164 valence electrons. The number of alkyl halides is 3. The van der Waals surface area contributed by atoms with E-state index in [1.807, 2.05) is 19.9 Å². The van der Waals surface area contributed by atoms with E-state index in [-0.39, 0.29) is 5.92 Å². The molecule has 0 radical (unpaired) electrons. The molecule has 5 nitrogen and oxygen atoms in total. The molecule has 1 atom stereocenters. The molecule has 1 saturated heterocycles. The van der Waals surface area contributed by atoms with Gasteiger partial charge in [0.05, 0.1) is 22.5 Å². The van der Waals surface area contributed by atoms with Crippen LogP contribution in [0.5, 0.6) is 0 Å². The summed E-state index contributed by atoms with van der Waals surface area (Å²) < 4.78 is 39.8. The maximum Gasteiger partial charge on any atom is 0.416 e. The number of piperidine rings is 1. The van der Waals surface area contributed by atoms with Crippen LogP contribution in [0.1, 0.15) is 53.6 Å². The highest BCUT2D eigenvalue weighted by atomic mass is 19.4. The number of nitrogens with one attached hydrogen (secondary N) is 1. The van der Waals surface area contributed by atoms with Gasteiger partial charge in [-0.25, -0.2) is 4.98 Å². The molecule has 1 aliphatic rings. The minimum atomic E-state index is -4.39. The van der Waals surface area contributed by atoms with Crippen LogP contribution in [-0.4, -0.2) is 27.2 Å². The summed E-state index contributed by atoms with van der Waals surface area (Å²) in [6.45, 7) is 8.49. The highest BCUT2D eigenvalue weighted by molar-refractivity contribution is 6.00. The number of fused-ring (bicyclic) bond motifs is 1. The van der Waals surface area contributed by atoms with Gasteiger partial charge in [0.25, 0.3) is 0 Å². The molecule has 1 unspecified atom stereocenters. The Kier molecular flexibility index (Phi) is 5.51. The van der Waals surface area contributed by atoms with Crippen LogP contribution in [0.4, 0.5) is 13.2 Å². The van der Waals surface area contributed by atoms with Gasteiger partial charge < -0.3 is 4.98 Å². The van der Waals surface area contributed by atoms with Gasteiger partial charge in [0.15, 0.2) is 0 Å². The zero-order valence-electron chi connectivity index (χ0n) is 17.8. The van der Waals surface area contributed by atoms with Gasteiger partial charge in [-0.2, -0.15) is 23.5 Å². The molecule has 8 heteroatoms. The number of hydrogen-bond acceptors (Lipinski definition) is 4. The van der Waals surface area contributed by atoms with Gasteiger partial charge in [0.1, 0.15) is 11.7 Å². The molecule has 3 heterocycles. The molecule has 3 aromatic rings. The van der Waals surface area contributed by atoms with E-state index in [0.717, 1.165) is 35.6 Å². The number of aryl methyl sites for hydroxylation is 1. The summed E-state index contributed by atoms with van der Waals surface area (Å²) in [5, 5.41) is 16.4. The molecule has 2 aromatic heterocycles. The van der Waals surface area contributed by atoms with Gasteiger partial charge in [0.2, 0.25) is 0 Å². The van der Waals surface area contributed by atoms with E-state index >= 15 is 0 Å². The fourth-order valence-electron chi connectivity index (χ4n) is 4.08. The Hall–Kier alpha value is -3.60. The Balaban J connectivity index is 1.63. The van der Waals surface area contributed by atoms with Crippen LogP contribution in [0.3, 0.4) is 0 Å². The van der Waals surface area contributed by atoms with Crippen molar-refractivity contribution in [1.82, 2.24) is 15.0 Å². The minimum absolute atomic E-state index is 0.231. The van der Waals surface area contributed by atoms with Crippen molar-refractivity contribution in [2.45, 2.75) is 38.8 Å². The Morgan fingerprint density at radius 3 is 2.81 bits per heavy atom. The first-order valence-corrected chi connectivity index (χ1v) is 10.3. The molecule has 1 fully saturated rings. The Morgan fingerprint density at radius 2 is 2.09 bits per heavy atom. The zero-order valence-corrected chi connectivity index (χ0v) is 17.8. The largest absolute Gasteiger partial charge is 0.416 e. The first-order valence-electron chi connectivity index (χ1n) is 10.3. The zero-order chi connectivity index (χ0) is 23.0. The van der Waals surface area contributed by atoms with Crippen LogP contribution in [0.25, 0.3) is 11.0 Å². The predicted molar refractivity (Wildman–Crippen MR) is 117 cm³/mol. The van der Waals surface area contributed by atoms with Crippen molar-refractivity contribution in [3.8, 4) is 6.07 Å². The molecule has 0 spiro atoms. The lowest BCUT2D eigenvalue weighted by Crippen LogP contribution is -2.29. The number of aromatic amines is 1. The molecule has 0 amide bonds. The first-order chi connectivity index (χ1) is 15.2. The van der Waals surface area contributed by atoms with Crippen LogP contribution >= 0.6 is 0 Å². The number of hydrogen-bond donors (Lipinski definition) is 1. The van der Waals surface area contributed by atoms with Gasteiger partial charge in [0, 0.05) is 29.7 Å². The summed E-state index contributed by atoms with van der Waals surface area (Å²) in [7, 11) is 0. The molecule has 4 rings (SSSR count). The average molecular weight is 437 g/mol. The predicted octanol–water partition coefficient (Wildman–Crippen LogP) is 5.88. The number of benzene rings is 1. The van der Waals surface area contributed by atoms with Gasteiger partial charge in [-0.3, -0.25) is 5.01 Å². The molecule has 1 aromatic carbocycles. The summed E-state index contributed by atoms with van der Waals surface area (Å²) in [4.78, 5) is 7.44. The molecule has 32 heavy (non-hydrogen) atoms. The summed E-state index contributed by atoms with van der Waals surface area (Å²) >= 11 is 0. The minimum Gasteiger partial charge on any atom is -0.338 e. The van der Waals surface area contributed by atoms with E-state index < -0.39 is 11.7 Å². The van der Waals surface area contributed by atoms with Crippen molar-refractivity contribution in [2.75, 3.05) is 6.54 Å². The number of hydrazone groups is 1. The van der Waals surface area contributed by atoms with Gasteiger partial charge in [-0.1, -0.05) is 12.6 Å². The first kappa shape index (κ1) is 21.6. The van der Waals surface area contributed by atoms with Crippen LogP contribution in [0.15, 0.2) is 53.9 Å². The van der Waals surface area contributed by atoms with Gasteiger partial charge in [-0.05, 0) is 62.1 Å².